The van der Waals surface area contributed by atoms with E-state index in [2.05, 4.69) is 20.3 Å². The molecule has 0 aliphatic rings. The van der Waals surface area contributed by atoms with Crippen LogP contribution in [0.1, 0.15) is 11.7 Å². The summed E-state index contributed by atoms with van der Waals surface area (Å²) in [7, 11) is 0. The molecule has 0 amide bonds. The van der Waals surface area contributed by atoms with Crippen LogP contribution in [0.2, 0.25) is 0 Å². The summed E-state index contributed by atoms with van der Waals surface area (Å²) in [4.78, 5) is 12.4. The first kappa shape index (κ1) is 11.7. The van der Waals surface area contributed by atoms with E-state index in [1.54, 1.807) is 12.3 Å². The molecule has 3 N–H and O–H groups in total. The average Bonchev–Trinajstić information content (AvgIpc) is 2.72. The van der Waals surface area contributed by atoms with Crippen molar-refractivity contribution < 1.29 is 4.42 Å². The summed E-state index contributed by atoms with van der Waals surface area (Å²) in [6.45, 7) is 2.32. The first-order valence-electron chi connectivity index (χ1n) is 5.01. The summed E-state index contributed by atoms with van der Waals surface area (Å²) in [5.74, 6) is 2.51. The number of nitrogens with two attached hydrogens (primary N) is 1. The van der Waals surface area contributed by atoms with Crippen LogP contribution in [0.15, 0.2) is 21.8 Å². The smallest absolute Gasteiger partial charge is 0.213 e. The van der Waals surface area contributed by atoms with Gasteiger partial charge in [-0.15, -0.1) is 0 Å². The summed E-state index contributed by atoms with van der Waals surface area (Å²) in [5, 5.41) is 3.72. The molecule has 90 valence electrons. The van der Waals surface area contributed by atoms with Crippen LogP contribution in [0.5, 0.6) is 0 Å². The van der Waals surface area contributed by atoms with Crippen LogP contribution >= 0.6 is 11.8 Å². The number of nitrogens with one attached hydrogen (secondary N) is 1. The minimum atomic E-state index is 0.440. The summed E-state index contributed by atoms with van der Waals surface area (Å²) >= 11 is 1.44. The van der Waals surface area contributed by atoms with E-state index >= 15 is 0 Å². The lowest BCUT2D eigenvalue weighted by atomic mass is 10.5. The molecule has 7 heteroatoms. The summed E-state index contributed by atoms with van der Waals surface area (Å²) in [5.41, 5.74) is 5.66. The predicted octanol–water partition coefficient (Wildman–Crippen LogP) is 1.69. The minimum absolute atomic E-state index is 0.440. The first-order valence-corrected chi connectivity index (χ1v) is 6.23. The third-order valence-electron chi connectivity index (χ3n) is 2.00. The van der Waals surface area contributed by atoms with E-state index in [0.29, 0.717) is 29.2 Å². The number of rotatable bonds is 4. The van der Waals surface area contributed by atoms with E-state index in [9.17, 15) is 0 Å². The average molecular weight is 251 g/mol. The Balaban J connectivity index is 2.05. The predicted molar refractivity (Wildman–Crippen MR) is 66.8 cm³/mol. The number of nitrogen functional groups attached to an aromatic ring is 1. The van der Waals surface area contributed by atoms with Crippen LogP contribution < -0.4 is 11.1 Å². The standard InChI is InChI=1S/C10H13N5OS/c1-6-4-13-9(16-6)5-12-8-3-7(11)14-10(15-8)17-2/h3-4H,5H2,1-2H3,(H3,11,12,14,15). The maximum absolute atomic E-state index is 5.66. The normalized spacial score (nSPS) is 10.5. The Bertz CT molecular complexity index is 513. The summed E-state index contributed by atoms with van der Waals surface area (Å²) < 4.78 is 5.34. The minimum Gasteiger partial charge on any atom is -0.444 e. The van der Waals surface area contributed by atoms with Gasteiger partial charge in [0.05, 0.1) is 12.7 Å². The number of thioether (sulfide) groups is 1. The molecule has 0 aliphatic heterocycles. The fourth-order valence-electron chi connectivity index (χ4n) is 1.27. The zero-order chi connectivity index (χ0) is 12.3. The molecule has 0 unspecified atom stereocenters. The molecular formula is C10H13N5OS. The van der Waals surface area contributed by atoms with Gasteiger partial charge in [-0.2, -0.15) is 0 Å². The zero-order valence-corrected chi connectivity index (χ0v) is 10.4. The van der Waals surface area contributed by atoms with Gasteiger partial charge in [-0.3, -0.25) is 0 Å². The maximum Gasteiger partial charge on any atom is 0.213 e. The van der Waals surface area contributed by atoms with Gasteiger partial charge in [0.2, 0.25) is 5.89 Å². The fourth-order valence-corrected chi connectivity index (χ4v) is 1.66. The molecule has 0 aromatic carbocycles. The van der Waals surface area contributed by atoms with Gasteiger partial charge in [0.15, 0.2) is 5.16 Å². The highest BCUT2D eigenvalue weighted by Gasteiger charge is 2.04. The van der Waals surface area contributed by atoms with Crippen LogP contribution in [-0.4, -0.2) is 21.2 Å². The molecule has 6 nitrogen and oxygen atoms in total. The molecule has 0 spiro atoms. The lowest BCUT2D eigenvalue weighted by Crippen LogP contribution is -2.04. The van der Waals surface area contributed by atoms with Crippen molar-refractivity contribution in [1.82, 2.24) is 15.0 Å². The quantitative estimate of drug-likeness (QED) is 0.631. The van der Waals surface area contributed by atoms with Crippen molar-refractivity contribution in [2.45, 2.75) is 18.6 Å². The first-order chi connectivity index (χ1) is 8.17. The third kappa shape index (κ3) is 3.10. The van der Waals surface area contributed by atoms with Crippen molar-refractivity contribution in [3.05, 3.63) is 23.9 Å². The third-order valence-corrected chi connectivity index (χ3v) is 2.55. The molecule has 2 rings (SSSR count). The topological polar surface area (TPSA) is 89.9 Å². The number of hydrogen-bond donors (Lipinski definition) is 2. The Hall–Kier alpha value is -1.76. The van der Waals surface area contributed by atoms with E-state index in [4.69, 9.17) is 10.2 Å². The molecule has 0 radical (unpaired) electrons. The van der Waals surface area contributed by atoms with Gasteiger partial charge in [0.25, 0.3) is 0 Å². The van der Waals surface area contributed by atoms with Crippen molar-refractivity contribution in [1.29, 1.82) is 0 Å². The van der Waals surface area contributed by atoms with Crippen LogP contribution in [-0.2, 0) is 6.54 Å². The molecule has 2 aromatic heterocycles. The molecule has 17 heavy (non-hydrogen) atoms. The highest BCUT2D eigenvalue weighted by Crippen LogP contribution is 2.15. The van der Waals surface area contributed by atoms with E-state index in [-0.39, 0.29) is 0 Å². The lowest BCUT2D eigenvalue weighted by molar-refractivity contribution is 0.478. The summed E-state index contributed by atoms with van der Waals surface area (Å²) in [6, 6.07) is 1.68. The zero-order valence-electron chi connectivity index (χ0n) is 9.60. The van der Waals surface area contributed by atoms with Gasteiger partial charge in [0, 0.05) is 6.07 Å². The molecule has 0 bridgehead atoms. The Morgan fingerprint density at radius 3 is 2.94 bits per heavy atom. The van der Waals surface area contributed by atoms with Gasteiger partial charge in [-0.05, 0) is 13.2 Å². The number of aromatic nitrogens is 3. The monoisotopic (exact) mass is 251 g/mol. The number of anilines is 2. The van der Waals surface area contributed by atoms with Crippen LogP contribution in [0.3, 0.4) is 0 Å². The molecule has 0 fully saturated rings. The highest BCUT2D eigenvalue weighted by molar-refractivity contribution is 7.98. The maximum atomic E-state index is 5.66. The van der Waals surface area contributed by atoms with E-state index in [0.717, 1.165) is 5.76 Å². The largest absolute Gasteiger partial charge is 0.444 e. The molecule has 0 saturated heterocycles. The van der Waals surface area contributed by atoms with Gasteiger partial charge < -0.3 is 15.5 Å². The second-order valence-corrected chi connectivity index (χ2v) is 4.16. The molecule has 2 heterocycles. The molecule has 2 aromatic rings. The van der Waals surface area contributed by atoms with Crippen molar-refractivity contribution in [2.24, 2.45) is 0 Å². The number of hydrogen-bond acceptors (Lipinski definition) is 7. The van der Waals surface area contributed by atoms with Crippen LogP contribution in [0.25, 0.3) is 0 Å². The fraction of sp³-hybridized carbons (Fsp3) is 0.300. The second-order valence-electron chi connectivity index (χ2n) is 3.38. The van der Waals surface area contributed by atoms with Gasteiger partial charge in [-0.25, -0.2) is 15.0 Å². The Kier molecular flexibility index (Phi) is 3.48. The Morgan fingerprint density at radius 2 is 2.29 bits per heavy atom. The molecule has 0 saturated carbocycles. The second kappa shape index (κ2) is 5.05. The van der Waals surface area contributed by atoms with E-state index in [1.807, 2.05) is 13.2 Å². The van der Waals surface area contributed by atoms with Crippen molar-refractivity contribution in [3.63, 3.8) is 0 Å². The number of nitrogens with zero attached hydrogens (tertiary/aromatic N) is 3. The lowest BCUT2D eigenvalue weighted by Gasteiger charge is -2.05. The SMILES string of the molecule is CSc1nc(N)cc(NCc2ncc(C)o2)n1. The molecule has 0 aliphatic carbocycles. The molecular weight excluding hydrogens is 238 g/mol. The van der Waals surface area contributed by atoms with Crippen molar-refractivity contribution in [3.8, 4) is 0 Å². The van der Waals surface area contributed by atoms with Gasteiger partial charge in [0.1, 0.15) is 17.4 Å². The van der Waals surface area contributed by atoms with E-state index in [1.165, 1.54) is 11.8 Å². The van der Waals surface area contributed by atoms with Crippen molar-refractivity contribution >= 4 is 23.4 Å². The Morgan fingerprint density at radius 1 is 1.47 bits per heavy atom. The summed E-state index contributed by atoms with van der Waals surface area (Å²) in [6.07, 6.45) is 3.58. The van der Waals surface area contributed by atoms with E-state index < -0.39 is 0 Å². The van der Waals surface area contributed by atoms with Crippen LogP contribution in [0, 0.1) is 6.92 Å². The van der Waals surface area contributed by atoms with Gasteiger partial charge in [-0.1, -0.05) is 11.8 Å². The van der Waals surface area contributed by atoms with Crippen LogP contribution in [0.4, 0.5) is 11.6 Å². The van der Waals surface area contributed by atoms with Gasteiger partial charge >= 0.3 is 0 Å². The van der Waals surface area contributed by atoms with Crippen molar-refractivity contribution in [2.75, 3.05) is 17.3 Å². The highest BCUT2D eigenvalue weighted by atomic mass is 32.2. The Labute approximate surface area is 103 Å². The number of oxazole rings is 1. The number of aryl methyl sites for hydroxylation is 1. The molecule has 0 atom stereocenters.